The third-order valence-corrected chi connectivity index (χ3v) is 6.25. The Morgan fingerprint density at radius 2 is 2.12 bits per heavy atom. The number of nitrogens with two attached hydrogens (primary N) is 1. The number of fused-ring (bicyclic) bond motifs is 1. The molecule has 1 saturated carbocycles. The number of hydrogen-bond acceptors (Lipinski definition) is 5. The molecule has 1 fully saturated rings. The van der Waals surface area contributed by atoms with E-state index in [1.807, 2.05) is 12.1 Å². The van der Waals surface area contributed by atoms with Crippen LogP contribution in [-0.2, 0) is 9.53 Å². The lowest BCUT2D eigenvalue weighted by Crippen LogP contribution is -2.31. The van der Waals surface area contributed by atoms with Gasteiger partial charge in [0.1, 0.15) is 4.83 Å². The molecule has 7 heteroatoms. The van der Waals surface area contributed by atoms with Crippen LogP contribution < -0.4 is 11.1 Å². The number of rotatable bonds is 7. The minimum absolute atomic E-state index is 0.0416. The van der Waals surface area contributed by atoms with E-state index in [9.17, 15) is 9.59 Å². The van der Waals surface area contributed by atoms with Gasteiger partial charge in [0.2, 0.25) is 5.91 Å². The number of methoxy groups -OCH3 is 1. The van der Waals surface area contributed by atoms with Crippen molar-refractivity contribution >= 4 is 33.4 Å². The minimum Gasteiger partial charge on any atom is -0.384 e. The molecule has 6 nitrogen and oxygen atoms in total. The Morgan fingerprint density at radius 1 is 1.35 bits per heavy atom. The lowest BCUT2D eigenvalue weighted by Gasteiger charge is -2.29. The molecule has 0 bridgehead atoms. The number of hydrogen-bond donors (Lipinski definition) is 2. The summed E-state index contributed by atoms with van der Waals surface area (Å²) in [5.41, 5.74) is 6.70. The van der Waals surface area contributed by atoms with E-state index in [4.69, 9.17) is 10.5 Å². The number of aromatic nitrogens is 1. The number of nitrogens with one attached hydrogen (secondary N) is 1. The quantitative estimate of drug-likeness (QED) is 0.778. The van der Waals surface area contributed by atoms with E-state index in [0.717, 1.165) is 41.5 Å². The summed E-state index contributed by atoms with van der Waals surface area (Å²) in [7, 11) is 1.60. The molecule has 0 aliphatic heterocycles. The zero-order valence-electron chi connectivity index (χ0n) is 15.0. The number of ether oxygens (including phenoxy) is 1. The van der Waals surface area contributed by atoms with E-state index in [-0.39, 0.29) is 11.8 Å². The van der Waals surface area contributed by atoms with Crippen molar-refractivity contribution < 1.29 is 14.3 Å². The maximum absolute atomic E-state index is 11.9. The number of carbonyl (C=O) groups is 2. The van der Waals surface area contributed by atoms with Crippen LogP contribution in [0.15, 0.2) is 18.3 Å². The zero-order valence-corrected chi connectivity index (χ0v) is 15.8. The Labute approximate surface area is 157 Å². The van der Waals surface area contributed by atoms with E-state index in [1.165, 1.54) is 11.3 Å². The van der Waals surface area contributed by atoms with Crippen LogP contribution in [0, 0.1) is 5.92 Å². The predicted molar refractivity (Wildman–Crippen MR) is 102 cm³/mol. The highest BCUT2D eigenvalue weighted by molar-refractivity contribution is 7.20. The molecule has 1 aliphatic carbocycles. The Hall–Kier alpha value is -1.99. The van der Waals surface area contributed by atoms with Crippen LogP contribution >= 0.6 is 11.3 Å². The van der Waals surface area contributed by atoms with E-state index in [2.05, 4.69) is 10.3 Å². The standard InChI is InChI=1S/C19H25N3O3S/c1-25-10-8-15(23)22-11-12-4-6-13(7-5-12)16-14-3-2-9-21-19(14)26-17(16)18(20)24/h2-3,9,12-13H,4-8,10-11H2,1H3,(H2,20,24)(H,22,23). The van der Waals surface area contributed by atoms with Gasteiger partial charge in [-0.2, -0.15) is 0 Å². The molecule has 0 spiro atoms. The Bertz CT molecular complexity index is 781. The molecule has 2 amide bonds. The molecule has 0 aromatic carbocycles. The number of nitrogens with zero attached hydrogens (tertiary/aromatic N) is 1. The lowest BCUT2D eigenvalue weighted by molar-refractivity contribution is -0.122. The van der Waals surface area contributed by atoms with Crippen molar-refractivity contribution in [3.05, 3.63) is 28.8 Å². The van der Waals surface area contributed by atoms with E-state index >= 15 is 0 Å². The fourth-order valence-corrected chi connectivity index (χ4v) is 4.82. The third kappa shape index (κ3) is 4.22. The van der Waals surface area contributed by atoms with Crippen molar-refractivity contribution in [1.82, 2.24) is 10.3 Å². The van der Waals surface area contributed by atoms with Gasteiger partial charge in [0.25, 0.3) is 5.91 Å². The van der Waals surface area contributed by atoms with Gasteiger partial charge in [-0.25, -0.2) is 4.98 Å². The summed E-state index contributed by atoms with van der Waals surface area (Å²) < 4.78 is 4.92. The SMILES string of the molecule is COCCC(=O)NCC1CCC(c2c(C(N)=O)sc3ncccc23)CC1. The second-order valence-corrected chi connectivity index (χ2v) is 7.83. The number of amides is 2. The predicted octanol–water partition coefficient (Wildman–Crippen LogP) is 2.82. The molecule has 2 heterocycles. The van der Waals surface area contributed by atoms with Gasteiger partial charge in [0.15, 0.2) is 0 Å². The highest BCUT2D eigenvalue weighted by atomic mass is 32.1. The molecule has 140 valence electrons. The Balaban J connectivity index is 1.63. The summed E-state index contributed by atoms with van der Waals surface area (Å²) in [6.07, 6.45) is 6.22. The van der Waals surface area contributed by atoms with Crippen LogP contribution in [0.5, 0.6) is 0 Å². The maximum Gasteiger partial charge on any atom is 0.259 e. The normalized spacial score (nSPS) is 20.2. The maximum atomic E-state index is 11.9. The fraction of sp³-hybridized carbons (Fsp3) is 0.526. The first-order valence-electron chi connectivity index (χ1n) is 9.03. The average Bonchev–Trinajstić information content (AvgIpc) is 3.05. The minimum atomic E-state index is -0.365. The topological polar surface area (TPSA) is 94.3 Å². The number of carbonyl (C=O) groups excluding carboxylic acids is 2. The zero-order chi connectivity index (χ0) is 18.5. The molecule has 0 radical (unpaired) electrons. The van der Waals surface area contributed by atoms with Crippen LogP contribution in [0.25, 0.3) is 10.2 Å². The van der Waals surface area contributed by atoms with Crippen molar-refractivity contribution in [3.8, 4) is 0 Å². The fourth-order valence-electron chi connectivity index (χ4n) is 3.74. The summed E-state index contributed by atoms with van der Waals surface area (Å²) >= 11 is 1.39. The van der Waals surface area contributed by atoms with Crippen molar-refractivity contribution in [3.63, 3.8) is 0 Å². The van der Waals surface area contributed by atoms with E-state index in [1.54, 1.807) is 13.3 Å². The van der Waals surface area contributed by atoms with Crippen LogP contribution in [0.2, 0.25) is 0 Å². The van der Waals surface area contributed by atoms with Crippen LogP contribution in [0.4, 0.5) is 0 Å². The van der Waals surface area contributed by atoms with Gasteiger partial charge in [-0.15, -0.1) is 11.3 Å². The molecular weight excluding hydrogens is 350 g/mol. The molecular formula is C19H25N3O3S. The lowest BCUT2D eigenvalue weighted by atomic mass is 9.78. The molecule has 0 atom stereocenters. The highest BCUT2D eigenvalue weighted by Gasteiger charge is 2.28. The van der Waals surface area contributed by atoms with Crippen LogP contribution in [0.3, 0.4) is 0 Å². The molecule has 0 unspecified atom stereocenters. The van der Waals surface area contributed by atoms with Gasteiger partial charge in [0.05, 0.1) is 11.5 Å². The number of primary amides is 1. The van der Waals surface area contributed by atoms with E-state index < -0.39 is 0 Å². The van der Waals surface area contributed by atoms with E-state index in [0.29, 0.717) is 36.3 Å². The first kappa shape index (κ1) is 18.8. The van der Waals surface area contributed by atoms with Gasteiger partial charge in [-0.3, -0.25) is 9.59 Å². The first-order chi connectivity index (χ1) is 12.6. The van der Waals surface area contributed by atoms with Crippen molar-refractivity contribution in [1.29, 1.82) is 0 Å². The van der Waals surface area contributed by atoms with Gasteiger partial charge >= 0.3 is 0 Å². The molecule has 3 rings (SSSR count). The number of thiophene rings is 1. The second kappa shape index (κ2) is 8.60. The Morgan fingerprint density at radius 3 is 2.81 bits per heavy atom. The van der Waals surface area contributed by atoms with Gasteiger partial charge in [-0.05, 0) is 49.1 Å². The highest BCUT2D eigenvalue weighted by Crippen LogP contribution is 2.42. The largest absolute Gasteiger partial charge is 0.384 e. The Kier molecular flexibility index (Phi) is 6.21. The van der Waals surface area contributed by atoms with Crippen LogP contribution in [-0.4, -0.2) is 37.1 Å². The molecule has 3 N–H and O–H groups in total. The first-order valence-corrected chi connectivity index (χ1v) is 9.84. The summed E-state index contributed by atoms with van der Waals surface area (Å²) in [5.74, 6) is 0.490. The third-order valence-electron chi connectivity index (χ3n) is 5.10. The van der Waals surface area contributed by atoms with Crippen molar-refractivity contribution in [2.24, 2.45) is 11.7 Å². The van der Waals surface area contributed by atoms with Crippen molar-refractivity contribution in [2.45, 2.75) is 38.0 Å². The van der Waals surface area contributed by atoms with Gasteiger partial charge in [0, 0.05) is 31.7 Å². The van der Waals surface area contributed by atoms with Crippen molar-refractivity contribution in [2.75, 3.05) is 20.3 Å². The summed E-state index contributed by atoms with van der Waals surface area (Å²) in [6.45, 7) is 1.16. The average molecular weight is 375 g/mol. The second-order valence-electron chi connectivity index (χ2n) is 6.83. The number of pyridine rings is 1. The summed E-state index contributed by atoms with van der Waals surface area (Å²) in [4.78, 5) is 29.5. The summed E-state index contributed by atoms with van der Waals surface area (Å²) in [6, 6.07) is 3.94. The molecule has 2 aromatic heterocycles. The van der Waals surface area contributed by atoms with Crippen LogP contribution in [0.1, 0.15) is 53.3 Å². The molecule has 2 aromatic rings. The molecule has 0 saturated heterocycles. The van der Waals surface area contributed by atoms with Gasteiger partial charge < -0.3 is 15.8 Å². The smallest absolute Gasteiger partial charge is 0.259 e. The van der Waals surface area contributed by atoms with Gasteiger partial charge in [-0.1, -0.05) is 6.07 Å². The molecule has 26 heavy (non-hydrogen) atoms. The summed E-state index contributed by atoms with van der Waals surface area (Å²) in [5, 5.41) is 4.05. The molecule has 1 aliphatic rings. The monoisotopic (exact) mass is 375 g/mol.